The summed E-state index contributed by atoms with van der Waals surface area (Å²) in [6, 6.07) is 14.3. The second kappa shape index (κ2) is 5.50. The summed E-state index contributed by atoms with van der Waals surface area (Å²) in [5.74, 6) is 0.536. The van der Waals surface area contributed by atoms with E-state index in [9.17, 15) is 4.39 Å². The topological polar surface area (TPSA) is 48.1 Å². The van der Waals surface area contributed by atoms with E-state index in [4.69, 9.17) is 10.5 Å². The van der Waals surface area contributed by atoms with E-state index in [-0.39, 0.29) is 5.82 Å². The lowest BCUT2D eigenvalue weighted by atomic mass is 10.1. The SMILES string of the molecule is Cc1ccc(Oc2cc(CN)c3ccccc3n2)cc1F. The Morgan fingerprint density at radius 3 is 2.71 bits per heavy atom. The highest BCUT2D eigenvalue weighted by Crippen LogP contribution is 2.26. The molecule has 0 amide bonds. The summed E-state index contributed by atoms with van der Waals surface area (Å²) in [7, 11) is 0. The quantitative estimate of drug-likeness (QED) is 0.791. The Morgan fingerprint density at radius 1 is 1.14 bits per heavy atom. The highest BCUT2D eigenvalue weighted by Gasteiger charge is 2.07. The first-order chi connectivity index (χ1) is 10.2. The van der Waals surface area contributed by atoms with Crippen LogP contribution >= 0.6 is 0 Å². The average molecular weight is 282 g/mol. The van der Waals surface area contributed by atoms with Crippen LogP contribution < -0.4 is 10.5 Å². The lowest BCUT2D eigenvalue weighted by Crippen LogP contribution is -2.00. The van der Waals surface area contributed by atoms with Gasteiger partial charge in [-0.3, -0.25) is 0 Å². The number of aromatic nitrogens is 1. The van der Waals surface area contributed by atoms with E-state index in [0.29, 0.717) is 23.7 Å². The smallest absolute Gasteiger partial charge is 0.220 e. The number of benzene rings is 2. The van der Waals surface area contributed by atoms with Crippen molar-refractivity contribution in [3.8, 4) is 11.6 Å². The van der Waals surface area contributed by atoms with Crippen LogP contribution in [-0.4, -0.2) is 4.98 Å². The molecule has 106 valence electrons. The van der Waals surface area contributed by atoms with Crippen molar-refractivity contribution >= 4 is 10.9 Å². The molecule has 0 saturated carbocycles. The van der Waals surface area contributed by atoms with Crippen LogP contribution in [-0.2, 0) is 6.54 Å². The van der Waals surface area contributed by atoms with Crippen molar-refractivity contribution in [1.29, 1.82) is 0 Å². The average Bonchev–Trinajstić information content (AvgIpc) is 2.50. The van der Waals surface area contributed by atoms with Gasteiger partial charge in [0.25, 0.3) is 0 Å². The van der Waals surface area contributed by atoms with Gasteiger partial charge in [-0.15, -0.1) is 0 Å². The maximum atomic E-state index is 13.6. The number of rotatable bonds is 3. The lowest BCUT2D eigenvalue weighted by Gasteiger charge is -2.10. The molecule has 3 rings (SSSR count). The summed E-state index contributed by atoms with van der Waals surface area (Å²) in [6.07, 6.45) is 0. The molecule has 0 atom stereocenters. The number of ether oxygens (including phenoxy) is 1. The summed E-state index contributed by atoms with van der Waals surface area (Å²) in [4.78, 5) is 4.43. The standard InChI is InChI=1S/C17H15FN2O/c1-11-6-7-13(9-15(11)18)21-17-8-12(10-19)14-4-2-3-5-16(14)20-17/h2-9H,10,19H2,1H3. The molecule has 0 aliphatic carbocycles. The van der Waals surface area contributed by atoms with Crippen molar-refractivity contribution in [2.45, 2.75) is 13.5 Å². The van der Waals surface area contributed by atoms with Gasteiger partial charge in [-0.05, 0) is 30.2 Å². The van der Waals surface area contributed by atoms with Gasteiger partial charge in [0.15, 0.2) is 0 Å². The highest BCUT2D eigenvalue weighted by atomic mass is 19.1. The molecule has 2 N–H and O–H groups in total. The van der Waals surface area contributed by atoms with E-state index < -0.39 is 0 Å². The fourth-order valence-electron chi connectivity index (χ4n) is 2.20. The number of aryl methyl sites for hydroxylation is 1. The van der Waals surface area contributed by atoms with E-state index in [1.54, 1.807) is 25.1 Å². The minimum Gasteiger partial charge on any atom is -0.439 e. The molecule has 0 spiro atoms. The maximum absolute atomic E-state index is 13.6. The van der Waals surface area contributed by atoms with Gasteiger partial charge in [0.1, 0.15) is 11.6 Å². The van der Waals surface area contributed by atoms with Crippen LogP contribution in [0, 0.1) is 12.7 Å². The number of hydrogen-bond donors (Lipinski definition) is 1. The van der Waals surface area contributed by atoms with Gasteiger partial charge in [-0.2, -0.15) is 0 Å². The van der Waals surface area contributed by atoms with Crippen molar-refractivity contribution in [3.05, 3.63) is 65.5 Å². The largest absolute Gasteiger partial charge is 0.439 e. The zero-order chi connectivity index (χ0) is 14.8. The molecule has 0 fully saturated rings. The van der Waals surface area contributed by atoms with Crippen LogP contribution in [0.4, 0.5) is 4.39 Å². The van der Waals surface area contributed by atoms with Gasteiger partial charge in [-0.1, -0.05) is 24.3 Å². The minimum absolute atomic E-state index is 0.299. The van der Waals surface area contributed by atoms with Crippen molar-refractivity contribution in [2.75, 3.05) is 0 Å². The number of halogens is 1. The Labute approximate surface area is 122 Å². The fourth-order valence-corrected chi connectivity index (χ4v) is 2.20. The summed E-state index contributed by atoms with van der Waals surface area (Å²) in [6.45, 7) is 2.10. The third-order valence-corrected chi connectivity index (χ3v) is 3.36. The fraction of sp³-hybridized carbons (Fsp3) is 0.118. The Balaban J connectivity index is 2.02. The second-order valence-corrected chi connectivity index (χ2v) is 4.85. The molecule has 0 aliphatic rings. The molecule has 0 aliphatic heterocycles. The molecule has 3 nitrogen and oxygen atoms in total. The lowest BCUT2D eigenvalue weighted by molar-refractivity contribution is 0.459. The van der Waals surface area contributed by atoms with Gasteiger partial charge in [0.05, 0.1) is 5.52 Å². The van der Waals surface area contributed by atoms with E-state index in [2.05, 4.69) is 4.98 Å². The molecule has 21 heavy (non-hydrogen) atoms. The molecule has 2 aromatic carbocycles. The summed E-state index contributed by atoms with van der Waals surface area (Å²) in [5.41, 5.74) is 8.11. The summed E-state index contributed by atoms with van der Waals surface area (Å²) in [5, 5.41) is 1.00. The summed E-state index contributed by atoms with van der Waals surface area (Å²) >= 11 is 0. The third-order valence-electron chi connectivity index (χ3n) is 3.36. The molecule has 3 aromatic rings. The molecule has 4 heteroatoms. The van der Waals surface area contributed by atoms with E-state index in [1.165, 1.54) is 6.07 Å². The first kappa shape index (κ1) is 13.5. The Morgan fingerprint density at radius 2 is 1.95 bits per heavy atom. The molecule has 1 heterocycles. The molecule has 0 radical (unpaired) electrons. The van der Waals surface area contributed by atoms with Crippen LogP contribution in [0.25, 0.3) is 10.9 Å². The van der Waals surface area contributed by atoms with Crippen molar-refractivity contribution < 1.29 is 9.13 Å². The van der Waals surface area contributed by atoms with Gasteiger partial charge in [0.2, 0.25) is 5.88 Å². The number of pyridine rings is 1. The maximum Gasteiger partial charge on any atom is 0.220 e. The highest BCUT2D eigenvalue weighted by molar-refractivity contribution is 5.82. The van der Waals surface area contributed by atoms with Gasteiger partial charge in [0, 0.05) is 24.1 Å². The molecular formula is C17H15FN2O. The third kappa shape index (κ3) is 2.71. The van der Waals surface area contributed by atoms with Gasteiger partial charge < -0.3 is 10.5 Å². The van der Waals surface area contributed by atoms with Crippen molar-refractivity contribution in [3.63, 3.8) is 0 Å². The Hall–Kier alpha value is -2.46. The first-order valence-corrected chi connectivity index (χ1v) is 6.70. The predicted molar refractivity (Wildman–Crippen MR) is 80.8 cm³/mol. The van der Waals surface area contributed by atoms with E-state index in [1.807, 2.05) is 24.3 Å². The number of para-hydroxylation sites is 1. The molecular weight excluding hydrogens is 267 g/mol. The van der Waals surface area contributed by atoms with Crippen LogP contribution in [0.15, 0.2) is 48.5 Å². The molecule has 1 aromatic heterocycles. The predicted octanol–water partition coefficient (Wildman–Crippen LogP) is 3.93. The normalized spacial score (nSPS) is 10.8. The van der Waals surface area contributed by atoms with Crippen LogP contribution in [0.2, 0.25) is 0 Å². The molecule has 0 unspecified atom stereocenters. The van der Waals surface area contributed by atoms with Crippen LogP contribution in [0.5, 0.6) is 11.6 Å². The van der Waals surface area contributed by atoms with Crippen molar-refractivity contribution in [2.24, 2.45) is 5.73 Å². The number of nitrogens with zero attached hydrogens (tertiary/aromatic N) is 1. The van der Waals surface area contributed by atoms with Crippen LogP contribution in [0.1, 0.15) is 11.1 Å². The van der Waals surface area contributed by atoms with E-state index >= 15 is 0 Å². The van der Waals surface area contributed by atoms with Gasteiger partial charge >= 0.3 is 0 Å². The second-order valence-electron chi connectivity index (χ2n) is 4.85. The zero-order valence-electron chi connectivity index (χ0n) is 11.6. The first-order valence-electron chi connectivity index (χ1n) is 6.70. The van der Waals surface area contributed by atoms with E-state index in [0.717, 1.165) is 16.5 Å². The number of hydrogen-bond acceptors (Lipinski definition) is 3. The zero-order valence-corrected chi connectivity index (χ0v) is 11.6. The van der Waals surface area contributed by atoms with Gasteiger partial charge in [-0.25, -0.2) is 9.37 Å². The number of fused-ring (bicyclic) bond motifs is 1. The van der Waals surface area contributed by atoms with Crippen molar-refractivity contribution in [1.82, 2.24) is 4.98 Å². The summed E-state index contributed by atoms with van der Waals surface area (Å²) < 4.78 is 19.2. The molecule has 0 bridgehead atoms. The Kier molecular flexibility index (Phi) is 3.54. The minimum atomic E-state index is -0.299. The van der Waals surface area contributed by atoms with Crippen LogP contribution in [0.3, 0.4) is 0 Å². The molecule has 0 saturated heterocycles. The number of nitrogens with two attached hydrogens (primary N) is 1. The monoisotopic (exact) mass is 282 g/mol. The Bertz CT molecular complexity index is 802.